The molecule has 1 heterocycles. The third kappa shape index (κ3) is 3.04. The van der Waals surface area contributed by atoms with Gasteiger partial charge in [0.2, 0.25) is 0 Å². The first-order chi connectivity index (χ1) is 9.52. The number of rotatable bonds is 3. The number of hydrogen-bond acceptors (Lipinski definition) is 5. The Hall–Kier alpha value is -1.75. The Morgan fingerprint density at radius 3 is 2.80 bits per heavy atom. The Bertz CT molecular complexity index is 490. The van der Waals surface area contributed by atoms with Gasteiger partial charge in [0.15, 0.2) is 0 Å². The molecule has 1 fully saturated rings. The highest BCUT2D eigenvalue weighted by Crippen LogP contribution is 2.28. The normalized spacial score (nSPS) is 19.9. The van der Waals surface area contributed by atoms with Gasteiger partial charge in [-0.2, -0.15) is 0 Å². The van der Waals surface area contributed by atoms with Crippen LogP contribution in [0.5, 0.6) is 0 Å². The Labute approximate surface area is 120 Å². The number of nitrogens with two attached hydrogens (primary N) is 1. The van der Waals surface area contributed by atoms with Crippen LogP contribution in [0.4, 0.5) is 11.4 Å². The van der Waals surface area contributed by atoms with E-state index >= 15 is 0 Å². The average Bonchev–Trinajstić information content (AvgIpc) is 2.40. The van der Waals surface area contributed by atoms with Crippen LogP contribution >= 0.6 is 0 Å². The molecule has 5 nitrogen and oxygen atoms in total. The van der Waals surface area contributed by atoms with Crippen molar-refractivity contribution in [3.8, 4) is 0 Å². The van der Waals surface area contributed by atoms with Crippen LogP contribution in [0.1, 0.15) is 24.2 Å². The van der Waals surface area contributed by atoms with Crippen molar-refractivity contribution in [3.63, 3.8) is 0 Å². The summed E-state index contributed by atoms with van der Waals surface area (Å²) < 4.78 is 4.99. The van der Waals surface area contributed by atoms with E-state index in [1.54, 1.807) is 19.1 Å². The fourth-order valence-corrected chi connectivity index (χ4v) is 2.66. The molecule has 0 aromatic heterocycles. The second-order valence-corrected chi connectivity index (χ2v) is 5.30. The molecule has 1 saturated heterocycles. The summed E-state index contributed by atoms with van der Waals surface area (Å²) in [5.74, 6) is -0.322. The molecule has 1 atom stereocenters. The molecule has 20 heavy (non-hydrogen) atoms. The van der Waals surface area contributed by atoms with Gasteiger partial charge in [0.1, 0.15) is 0 Å². The number of carbonyl (C=O) groups is 1. The van der Waals surface area contributed by atoms with E-state index in [0.29, 0.717) is 23.9 Å². The van der Waals surface area contributed by atoms with Crippen LogP contribution in [0.3, 0.4) is 0 Å². The maximum Gasteiger partial charge on any atom is 0.338 e. The zero-order valence-corrected chi connectivity index (χ0v) is 12.4. The molecule has 0 bridgehead atoms. The van der Waals surface area contributed by atoms with Crippen molar-refractivity contribution in [2.75, 3.05) is 43.9 Å². The SMILES string of the molecule is CCOC(=O)c1ccc(N2CCN(C)CC2C)c(N)c1. The summed E-state index contributed by atoms with van der Waals surface area (Å²) >= 11 is 0. The maximum atomic E-state index is 11.7. The summed E-state index contributed by atoms with van der Waals surface area (Å²) in [7, 11) is 2.13. The molecule has 1 unspecified atom stereocenters. The number of nitrogens with zero attached hydrogens (tertiary/aromatic N) is 2. The second-order valence-electron chi connectivity index (χ2n) is 5.30. The molecule has 1 aliphatic rings. The third-order valence-electron chi connectivity index (χ3n) is 3.68. The summed E-state index contributed by atoms with van der Waals surface area (Å²) in [5, 5.41) is 0. The van der Waals surface area contributed by atoms with Crippen LogP contribution in [0.2, 0.25) is 0 Å². The molecule has 0 aliphatic carbocycles. The molecule has 1 aromatic carbocycles. The molecule has 0 amide bonds. The van der Waals surface area contributed by atoms with Crippen LogP contribution in [0, 0.1) is 0 Å². The second kappa shape index (κ2) is 6.13. The molecule has 5 heteroatoms. The summed E-state index contributed by atoms with van der Waals surface area (Å²) in [6.07, 6.45) is 0. The predicted molar refractivity (Wildman–Crippen MR) is 81.1 cm³/mol. The molecule has 2 N–H and O–H groups in total. The van der Waals surface area contributed by atoms with E-state index in [-0.39, 0.29) is 5.97 Å². The van der Waals surface area contributed by atoms with E-state index in [1.807, 2.05) is 6.07 Å². The van der Waals surface area contributed by atoms with Crippen molar-refractivity contribution >= 4 is 17.3 Å². The van der Waals surface area contributed by atoms with Gasteiger partial charge in [-0.1, -0.05) is 0 Å². The summed E-state index contributed by atoms with van der Waals surface area (Å²) in [4.78, 5) is 16.3. The highest BCUT2D eigenvalue weighted by atomic mass is 16.5. The van der Waals surface area contributed by atoms with Crippen molar-refractivity contribution in [2.24, 2.45) is 0 Å². The highest BCUT2D eigenvalue weighted by molar-refractivity contribution is 5.92. The lowest BCUT2D eigenvalue weighted by molar-refractivity contribution is 0.0526. The van der Waals surface area contributed by atoms with Crippen molar-refractivity contribution in [1.82, 2.24) is 4.90 Å². The van der Waals surface area contributed by atoms with Gasteiger partial charge in [0, 0.05) is 25.7 Å². The Morgan fingerprint density at radius 2 is 2.20 bits per heavy atom. The van der Waals surface area contributed by atoms with Crippen LogP contribution < -0.4 is 10.6 Å². The van der Waals surface area contributed by atoms with Crippen LogP contribution in [0.25, 0.3) is 0 Å². The van der Waals surface area contributed by atoms with Gasteiger partial charge in [-0.05, 0) is 39.1 Å². The highest BCUT2D eigenvalue weighted by Gasteiger charge is 2.23. The Morgan fingerprint density at radius 1 is 1.45 bits per heavy atom. The van der Waals surface area contributed by atoms with Crippen molar-refractivity contribution < 1.29 is 9.53 Å². The first kappa shape index (κ1) is 14.7. The minimum Gasteiger partial charge on any atom is -0.462 e. The van der Waals surface area contributed by atoms with E-state index in [0.717, 1.165) is 25.3 Å². The number of nitrogen functional groups attached to an aromatic ring is 1. The number of esters is 1. The topological polar surface area (TPSA) is 58.8 Å². The number of hydrogen-bond donors (Lipinski definition) is 1. The fraction of sp³-hybridized carbons (Fsp3) is 0.533. The van der Waals surface area contributed by atoms with Gasteiger partial charge in [-0.15, -0.1) is 0 Å². The predicted octanol–water partition coefficient (Wildman–Crippen LogP) is 1.59. The minimum absolute atomic E-state index is 0.322. The summed E-state index contributed by atoms with van der Waals surface area (Å²) in [5.41, 5.74) is 8.26. The first-order valence-corrected chi connectivity index (χ1v) is 7.04. The smallest absolute Gasteiger partial charge is 0.338 e. The molecule has 1 aliphatic heterocycles. The number of carbonyl (C=O) groups excluding carboxylic acids is 1. The zero-order valence-electron chi connectivity index (χ0n) is 12.4. The lowest BCUT2D eigenvalue weighted by Crippen LogP contribution is -2.50. The Balaban J connectivity index is 2.19. The van der Waals surface area contributed by atoms with Crippen molar-refractivity contribution in [3.05, 3.63) is 23.8 Å². The fourth-order valence-electron chi connectivity index (χ4n) is 2.66. The van der Waals surface area contributed by atoms with Gasteiger partial charge >= 0.3 is 5.97 Å². The maximum absolute atomic E-state index is 11.7. The molecule has 0 spiro atoms. The molecule has 110 valence electrons. The van der Waals surface area contributed by atoms with E-state index in [1.165, 1.54) is 0 Å². The zero-order chi connectivity index (χ0) is 14.7. The van der Waals surface area contributed by atoms with E-state index in [9.17, 15) is 4.79 Å². The third-order valence-corrected chi connectivity index (χ3v) is 3.68. The molecular weight excluding hydrogens is 254 g/mol. The van der Waals surface area contributed by atoms with E-state index in [2.05, 4.69) is 23.8 Å². The summed E-state index contributed by atoms with van der Waals surface area (Å²) in [6.45, 7) is 7.33. The molecular formula is C15H23N3O2. The van der Waals surface area contributed by atoms with Gasteiger partial charge in [0.05, 0.1) is 23.5 Å². The lowest BCUT2D eigenvalue weighted by Gasteiger charge is -2.40. The van der Waals surface area contributed by atoms with Gasteiger partial charge in [-0.3, -0.25) is 0 Å². The number of likely N-dealkylation sites (N-methyl/N-ethyl adjacent to an activating group) is 1. The molecule has 1 aromatic rings. The standard InChI is InChI=1S/C15H23N3O2/c1-4-20-15(19)12-5-6-14(13(16)9-12)18-8-7-17(3)10-11(18)2/h5-6,9,11H,4,7-8,10,16H2,1-3H3. The van der Waals surface area contributed by atoms with Gasteiger partial charge in [-0.25, -0.2) is 4.79 Å². The quantitative estimate of drug-likeness (QED) is 0.671. The lowest BCUT2D eigenvalue weighted by atomic mass is 10.1. The van der Waals surface area contributed by atoms with Crippen molar-refractivity contribution in [1.29, 1.82) is 0 Å². The number of ether oxygens (including phenoxy) is 1. The Kier molecular flexibility index (Phi) is 4.49. The molecule has 0 radical (unpaired) electrons. The molecule has 2 rings (SSSR count). The number of piperazine rings is 1. The van der Waals surface area contributed by atoms with E-state index in [4.69, 9.17) is 10.5 Å². The molecule has 0 saturated carbocycles. The monoisotopic (exact) mass is 277 g/mol. The van der Waals surface area contributed by atoms with Crippen LogP contribution in [-0.2, 0) is 4.74 Å². The first-order valence-electron chi connectivity index (χ1n) is 7.04. The average molecular weight is 277 g/mol. The largest absolute Gasteiger partial charge is 0.462 e. The number of benzene rings is 1. The van der Waals surface area contributed by atoms with Gasteiger partial charge in [0.25, 0.3) is 0 Å². The number of anilines is 2. The van der Waals surface area contributed by atoms with Crippen LogP contribution in [0.15, 0.2) is 18.2 Å². The van der Waals surface area contributed by atoms with Crippen molar-refractivity contribution in [2.45, 2.75) is 19.9 Å². The van der Waals surface area contributed by atoms with Crippen LogP contribution in [-0.4, -0.2) is 50.2 Å². The summed E-state index contributed by atoms with van der Waals surface area (Å²) in [6, 6.07) is 5.82. The van der Waals surface area contributed by atoms with E-state index < -0.39 is 0 Å². The minimum atomic E-state index is -0.322. The van der Waals surface area contributed by atoms with Gasteiger partial charge < -0.3 is 20.3 Å².